The van der Waals surface area contributed by atoms with Crippen molar-refractivity contribution >= 4 is 11.6 Å². The Balaban J connectivity index is 2.75. The third kappa shape index (κ3) is 3.54. The molecule has 2 nitrogen and oxygen atoms in total. The van der Waals surface area contributed by atoms with Crippen LogP contribution in [0, 0.1) is 6.92 Å². The van der Waals surface area contributed by atoms with E-state index in [-0.39, 0.29) is 6.04 Å². The van der Waals surface area contributed by atoms with Crippen molar-refractivity contribution < 1.29 is 4.74 Å². The molecule has 1 aromatic carbocycles. The van der Waals surface area contributed by atoms with Gasteiger partial charge in [0.1, 0.15) is 12.4 Å². The van der Waals surface area contributed by atoms with Crippen LogP contribution in [0.3, 0.4) is 0 Å². The van der Waals surface area contributed by atoms with Crippen molar-refractivity contribution in [3.05, 3.63) is 40.4 Å². The summed E-state index contributed by atoms with van der Waals surface area (Å²) in [7, 11) is 0. The Morgan fingerprint density at radius 3 is 2.75 bits per heavy atom. The molecule has 0 bridgehead atoms. The molecule has 0 aromatic heterocycles. The fraction of sp³-hybridized carbons (Fsp3) is 0.385. The second-order valence-corrected chi connectivity index (χ2v) is 4.28. The summed E-state index contributed by atoms with van der Waals surface area (Å²) in [6.45, 7) is 6.43. The molecule has 2 N–H and O–H groups in total. The lowest BCUT2D eigenvalue weighted by Crippen LogP contribution is -2.06. The Morgan fingerprint density at radius 2 is 2.25 bits per heavy atom. The van der Waals surface area contributed by atoms with Gasteiger partial charge in [-0.2, -0.15) is 0 Å². The van der Waals surface area contributed by atoms with Gasteiger partial charge in [-0.1, -0.05) is 23.7 Å². The number of nitrogens with two attached hydrogens (primary N) is 1. The van der Waals surface area contributed by atoms with Crippen molar-refractivity contribution in [2.45, 2.75) is 26.8 Å². The summed E-state index contributed by atoms with van der Waals surface area (Å²) in [5, 5.41) is 0. The molecule has 1 unspecified atom stereocenters. The summed E-state index contributed by atoms with van der Waals surface area (Å²) in [5.74, 6) is 0.877. The Labute approximate surface area is 102 Å². The molecule has 3 heteroatoms. The Morgan fingerprint density at radius 1 is 1.56 bits per heavy atom. The molecule has 0 radical (unpaired) electrons. The van der Waals surface area contributed by atoms with Gasteiger partial charge in [0.15, 0.2) is 0 Å². The summed E-state index contributed by atoms with van der Waals surface area (Å²) in [4.78, 5) is 0. The molecule has 0 fully saturated rings. The first kappa shape index (κ1) is 13.1. The fourth-order valence-corrected chi connectivity index (χ4v) is 1.40. The topological polar surface area (TPSA) is 35.2 Å². The molecule has 0 heterocycles. The molecular formula is C13H18ClNO. The molecule has 0 spiro atoms. The van der Waals surface area contributed by atoms with Gasteiger partial charge < -0.3 is 10.5 Å². The van der Waals surface area contributed by atoms with Crippen LogP contribution in [0.4, 0.5) is 0 Å². The average Bonchev–Trinajstić information content (AvgIpc) is 2.26. The highest BCUT2D eigenvalue weighted by atomic mass is 35.5. The summed E-state index contributed by atoms with van der Waals surface area (Å²) in [5.41, 5.74) is 10.6. The van der Waals surface area contributed by atoms with Gasteiger partial charge in [-0.05, 0) is 43.5 Å². The molecule has 0 saturated carbocycles. The normalized spacial score (nSPS) is 13.7. The van der Waals surface area contributed by atoms with E-state index in [0.717, 1.165) is 22.4 Å². The largest absolute Gasteiger partial charge is 0.489 e. The molecule has 16 heavy (non-hydrogen) atoms. The van der Waals surface area contributed by atoms with E-state index in [1.54, 1.807) is 0 Å². The minimum Gasteiger partial charge on any atom is -0.489 e. The molecular weight excluding hydrogens is 222 g/mol. The number of aryl methyl sites for hydroxylation is 1. The third-order valence-corrected chi connectivity index (χ3v) is 2.74. The molecule has 88 valence electrons. The summed E-state index contributed by atoms with van der Waals surface area (Å²) in [6.07, 6.45) is 0. The van der Waals surface area contributed by atoms with Crippen LogP contribution in [-0.4, -0.2) is 6.61 Å². The van der Waals surface area contributed by atoms with Gasteiger partial charge in [0.2, 0.25) is 0 Å². The Bertz CT molecular complexity index is 386. The van der Waals surface area contributed by atoms with Crippen molar-refractivity contribution in [3.8, 4) is 5.75 Å². The Kier molecular flexibility index (Phi) is 4.84. The molecule has 0 aliphatic rings. The van der Waals surface area contributed by atoms with Crippen molar-refractivity contribution in [1.82, 2.24) is 0 Å². The number of benzene rings is 1. The van der Waals surface area contributed by atoms with Crippen molar-refractivity contribution in [1.29, 1.82) is 0 Å². The molecule has 0 aliphatic heterocycles. The van der Waals surface area contributed by atoms with Gasteiger partial charge in [0.05, 0.1) is 0 Å². The minimum atomic E-state index is 0.0530. The molecule has 0 amide bonds. The van der Waals surface area contributed by atoms with E-state index in [2.05, 4.69) is 6.07 Å². The lowest BCUT2D eigenvalue weighted by atomic mass is 10.1. The highest BCUT2D eigenvalue weighted by Crippen LogP contribution is 2.22. The van der Waals surface area contributed by atoms with Crippen molar-refractivity contribution in [3.63, 3.8) is 0 Å². The zero-order chi connectivity index (χ0) is 12.1. The molecule has 1 rings (SSSR count). The van der Waals surface area contributed by atoms with E-state index in [0.29, 0.717) is 6.61 Å². The smallest absolute Gasteiger partial charge is 0.122 e. The predicted octanol–water partition coefficient (Wildman–Crippen LogP) is 3.54. The summed E-state index contributed by atoms with van der Waals surface area (Å²) in [6, 6.07) is 6.05. The molecule has 0 saturated heterocycles. The molecule has 1 atom stereocenters. The van der Waals surface area contributed by atoms with Crippen LogP contribution < -0.4 is 10.5 Å². The van der Waals surface area contributed by atoms with Crippen molar-refractivity contribution in [2.75, 3.05) is 6.61 Å². The number of ether oxygens (including phenoxy) is 1. The van der Waals surface area contributed by atoms with E-state index < -0.39 is 0 Å². The van der Waals surface area contributed by atoms with Gasteiger partial charge in [0.25, 0.3) is 0 Å². The van der Waals surface area contributed by atoms with Gasteiger partial charge >= 0.3 is 0 Å². The summed E-state index contributed by atoms with van der Waals surface area (Å²) < 4.78 is 5.63. The van der Waals surface area contributed by atoms with E-state index in [1.807, 2.05) is 32.9 Å². The standard InChI is InChI=1S/C13H18ClNO/c1-9(7-14)8-16-13-5-4-12(11(3)15)6-10(13)2/h4-7,11H,8,15H2,1-3H3/b9-7+. The van der Waals surface area contributed by atoms with Gasteiger partial charge in [-0.15, -0.1) is 0 Å². The van der Waals surface area contributed by atoms with E-state index in [9.17, 15) is 0 Å². The van der Waals surface area contributed by atoms with Crippen LogP contribution in [0.1, 0.15) is 31.0 Å². The lowest BCUT2D eigenvalue weighted by molar-refractivity contribution is 0.350. The maximum atomic E-state index is 5.81. The van der Waals surface area contributed by atoms with E-state index in [4.69, 9.17) is 22.1 Å². The van der Waals surface area contributed by atoms with Gasteiger partial charge in [0, 0.05) is 11.6 Å². The third-order valence-electron chi connectivity index (χ3n) is 2.37. The first-order chi connectivity index (χ1) is 7.54. The zero-order valence-electron chi connectivity index (χ0n) is 9.96. The monoisotopic (exact) mass is 239 g/mol. The number of hydrogen-bond donors (Lipinski definition) is 1. The number of hydrogen-bond acceptors (Lipinski definition) is 2. The predicted molar refractivity (Wildman–Crippen MR) is 68.9 cm³/mol. The zero-order valence-corrected chi connectivity index (χ0v) is 10.7. The molecule has 0 aliphatic carbocycles. The first-order valence-electron chi connectivity index (χ1n) is 5.29. The van der Waals surface area contributed by atoms with E-state index in [1.165, 1.54) is 5.54 Å². The average molecular weight is 240 g/mol. The second kappa shape index (κ2) is 5.92. The van der Waals surface area contributed by atoms with Gasteiger partial charge in [-0.3, -0.25) is 0 Å². The number of halogens is 1. The van der Waals surface area contributed by atoms with Crippen LogP contribution in [0.5, 0.6) is 5.75 Å². The minimum absolute atomic E-state index is 0.0530. The van der Waals surface area contributed by atoms with Crippen molar-refractivity contribution in [2.24, 2.45) is 5.73 Å². The molecule has 1 aromatic rings. The highest BCUT2D eigenvalue weighted by molar-refractivity contribution is 6.25. The lowest BCUT2D eigenvalue weighted by Gasteiger charge is -2.12. The maximum absolute atomic E-state index is 5.81. The van der Waals surface area contributed by atoms with Gasteiger partial charge in [-0.25, -0.2) is 0 Å². The van der Waals surface area contributed by atoms with Crippen LogP contribution in [0.25, 0.3) is 0 Å². The Hall–Kier alpha value is -0.990. The SMILES string of the molecule is C/C(=C\Cl)COc1ccc(C(C)N)cc1C. The summed E-state index contributed by atoms with van der Waals surface area (Å²) >= 11 is 5.57. The number of rotatable bonds is 4. The van der Waals surface area contributed by atoms with Crippen LogP contribution in [-0.2, 0) is 0 Å². The van der Waals surface area contributed by atoms with E-state index >= 15 is 0 Å². The van der Waals surface area contributed by atoms with Crippen LogP contribution in [0.2, 0.25) is 0 Å². The highest BCUT2D eigenvalue weighted by Gasteiger charge is 2.04. The van der Waals surface area contributed by atoms with Crippen LogP contribution >= 0.6 is 11.6 Å². The van der Waals surface area contributed by atoms with Crippen LogP contribution in [0.15, 0.2) is 29.3 Å². The second-order valence-electron chi connectivity index (χ2n) is 4.06. The maximum Gasteiger partial charge on any atom is 0.122 e. The fourth-order valence-electron chi connectivity index (χ4n) is 1.34. The first-order valence-corrected chi connectivity index (χ1v) is 5.73. The quantitative estimate of drug-likeness (QED) is 0.872.